The van der Waals surface area contributed by atoms with Gasteiger partial charge >= 0.3 is 12.2 Å². The highest BCUT2D eigenvalue weighted by molar-refractivity contribution is 5.78. The molecule has 1 atom stereocenters. The quantitative estimate of drug-likeness (QED) is 0.642. The van der Waals surface area contributed by atoms with Gasteiger partial charge in [-0.25, -0.2) is 14.6 Å². The van der Waals surface area contributed by atoms with Crippen LogP contribution in [0.1, 0.15) is 18.8 Å². The molecule has 1 aromatic heterocycles. The molecule has 1 aliphatic heterocycles. The molecule has 0 spiro atoms. The standard InChI is InChI=1S/C22H22N4O6/c1-2-32-15-9-7-14(8-10-15)26-19(23-17-6-4-3-5-16(17)20(26)27)18-13-24(21(28)29)11-12-25(18)22(30)31/h3-10,18H,2,11-13H2,1H3,(H,28,29)(H,30,31)/t18-/m1/s1. The molecule has 0 bridgehead atoms. The molecule has 1 saturated heterocycles. The van der Waals surface area contributed by atoms with Gasteiger partial charge in [0.2, 0.25) is 0 Å². The third-order valence-electron chi connectivity index (χ3n) is 5.40. The van der Waals surface area contributed by atoms with E-state index in [-0.39, 0.29) is 31.0 Å². The Morgan fingerprint density at radius 1 is 1.06 bits per heavy atom. The molecule has 2 amide bonds. The van der Waals surface area contributed by atoms with E-state index in [4.69, 9.17) is 4.74 Å². The van der Waals surface area contributed by atoms with Crippen LogP contribution in [-0.2, 0) is 0 Å². The number of carbonyl (C=O) groups is 2. The number of para-hydroxylation sites is 1. The first-order valence-electron chi connectivity index (χ1n) is 10.1. The van der Waals surface area contributed by atoms with E-state index >= 15 is 0 Å². The van der Waals surface area contributed by atoms with Crippen LogP contribution in [0.4, 0.5) is 9.59 Å². The molecular weight excluding hydrogens is 416 g/mol. The Kier molecular flexibility index (Phi) is 5.67. The lowest BCUT2D eigenvalue weighted by Gasteiger charge is -2.38. The topological polar surface area (TPSA) is 125 Å². The average Bonchev–Trinajstić information content (AvgIpc) is 2.79. The number of fused-ring (bicyclic) bond motifs is 1. The fourth-order valence-electron chi connectivity index (χ4n) is 3.89. The van der Waals surface area contributed by atoms with Crippen molar-refractivity contribution in [3.63, 3.8) is 0 Å². The van der Waals surface area contributed by atoms with Gasteiger partial charge in [0.15, 0.2) is 0 Å². The van der Waals surface area contributed by atoms with Crippen LogP contribution < -0.4 is 10.3 Å². The molecule has 1 aliphatic rings. The molecule has 2 aromatic carbocycles. The summed E-state index contributed by atoms with van der Waals surface area (Å²) in [5, 5.41) is 19.6. The van der Waals surface area contributed by atoms with E-state index < -0.39 is 18.2 Å². The number of amides is 2. The summed E-state index contributed by atoms with van der Waals surface area (Å²) in [5.74, 6) is 0.785. The molecule has 2 N–H and O–H groups in total. The molecule has 2 heterocycles. The summed E-state index contributed by atoms with van der Waals surface area (Å²) in [7, 11) is 0. The average molecular weight is 438 g/mol. The minimum atomic E-state index is -1.21. The smallest absolute Gasteiger partial charge is 0.408 e. The van der Waals surface area contributed by atoms with Gasteiger partial charge in [0.05, 0.1) is 29.7 Å². The second-order valence-corrected chi connectivity index (χ2v) is 7.27. The van der Waals surface area contributed by atoms with E-state index in [1.54, 1.807) is 48.5 Å². The molecule has 0 saturated carbocycles. The van der Waals surface area contributed by atoms with Crippen molar-refractivity contribution in [1.82, 2.24) is 19.4 Å². The summed E-state index contributed by atoms with van der Waals surface area (Å²) in [6.07, 6.45) is -2.36. The molecule has 0 radical (unpaired) electrons. The van der Waals surface area contributed by atoms with E-state index in [9.17, 15) is 24.6 Å². The van der Waals surface area contributed by atoms with Crippen LogP contribution in [0.5, 0.6) is 5.75 Å². The first-order chi connectivity index (χ1) is 15.4. The van der Waals surface area contributed by atoms with E-state index in [0.29, 0.717) is 28.9 Å². The summed E-state index contributed by atoms with van der Waals surface area (Å²) >= 11 is 0. The Balaban J connectivity index is 1.94. The molecule has 10 heteroatoms. The third kappa shape index (κ3) is 3.82. The zero-order valence-corrected chi connectivity index (χ0v) is 17.3. The summed E-state index contributed by atoms with van der Waals surface area (Å²) in [4.78, 5) is 43.9. The van der Waals surface area contributed by atoms with E-state index in [2.05, 4.69) is 4.98 Å². The number of carboxylic acid groups (broad SMARTS) is 2. The molecule has 3 aromatic rings. The second kappa shape index (κ2) is 8.58. The highest BCUT2D eigenvalue weighted by Gasteiger charge is 2.36. The normalized spacial score (nSPS) is 16.2. The van der Waals surface area contributed by atoms with Crippen molar-refractivity contribution < 1.29 is 24.5 Å². The Morgan fingerprint density at radius 3 is 2.44 bits per heavy atom. The Hall–Kier alpha value is -4.08. The zero-order valence-electron chi connectivity index (χ0n) is 17.3. The Labute approximate surface area is 182 Å². The maximum absolute atomic E-state index is 13.5. The largest absolute Gasteiger partial charge is 0.494 e. The SMILES string of the molecule is CCOc1ccc(-n2c([C@H]3CN(C(=O)O)CCN3C(=O)O)nc3ccccc3c2=O)cc1. The number of piperazine rings is 1. The van der Waals surface area contributed by atoms with Gasteiger partial charge in [0.25, 0.3) is 5.56 Å². The van der Waals surface area contributed by atoms with Crippen LogP contribution in [0.3, 0.4) is 0 Å². The molecule has 32 heavy (non-hydrogen) atoms. The van der Waals surface area contributed by atoms with Gasteiger partial charge in [-0.15, -0.1) is 0 Å². The van der Waals surface area contributed by atoms with Crippen molar-refractivity contribution in [1.29, 1.82) is 0 Å². The number of nitrogens with zero attached hydrogens (tertiary/aromatic N) is 4. The first kappa shape index (κ1) is 21.2. The lowest BCUT2D eigenvalue weighted by atomic mass is 10.1. The summed E-state index contributed by atoms with van der Waals surface area (Å²) in [6.45, 7) is 2.23. The summed E-state index contributed by atoms with van der Waals surface area (Å²) in [5.41, 5.74) is 0.518. The highest BCUT2D eigenvalue weighted by atomic mass is 16.5. The van der Waals surface area contributed by atoms with Gasteiger partial charge in [-0.3, -0.25) is 14.3 Å². The van der Waals surface area contributed by atoms with Crippen molar-refractivity contribution in [2.45, 2.75) is 13.0 Å². The number of hydrogen-bond donors (Lipinski definition) is 2. The fraction of sp³-hybridized carbons (Fsp3) is 0.273. The van der Waals surface area contributed by atoms with Crippen LogP contribution in [0.2, 0.25) is 0 Å². The number of aromatic nitrogens is 2. The van der Waals surface area contributed by atoms with Gasteiger partial charge in [-0.1, -0.05) is 12.1 Å². The first-order valence-corrected chi connectivity index (χ1v) is 10.1. The van der Waals surface area contributed by atoms with Crippen LogP contribution in [0, 0.1) is 0 Å². The maximum Gasteiger partial charge on any atom is 0.408 e. The number of ether oxygens (including phenoxy) is 1. The van der Waals surface area contributed by atoms with Crippen LogP contribution >= 0.6 is 0 Å². The lowest BCUT2D eigenvalue weighted by Crippen LogP contribution is -2.53. The number of hydrogen-bond acceptors (Lipinski definition) is 5. The van der Waals surface area contributed by atoms with Crippen molar-refractivity contribution in [3.05, 3.63) is 64.7 Å². The van der Waals surface area contributed by atoms with Gasteiger partial charge in [-0.05, 0) is 43.3 Å². The minimum absolute atomic E-state index is 0.0295. The van der Waals surface area contributed by atoms with Crippen molar-refractivity contribution in [2.75, 3.05) is 26.2 Å². The highest BCUT2D eigenvalue weighted by Crippen LogP contribution is 2.27. The van der Waals surface area contributed by atoms with Gasteiger partial charge in [0.1, 0.15) is 17.6 Å². The third-order valence-corrected chi connectivity index (χ3v) is 5.40. The van der Waals surface area contributed by atoms with E-state index in [1.165, 1.54) is 4.57 Å². The van der Waals surface area contributed by atoms with Crippen LogP contribution in [0.25, 0.3) is 16.6 Å². The van der Waals surface area contributed by atoms with Crippen molar-refractivity contribution >= 4 is 23.1 Å². The van der Waals surface area contributed by atoms with Gasteiger partial charge < -0.3 is 19.8 Å². The van der Waals surface area contributed by atoms with E-state index in [1.807, 2.05) is 6.92 Å². The Morgan fingerprint density at radius 2 is 1.78 bits per heavy atom. The second-order valence-electron chi connectivity index (χ2n) is 7.27. The maximum atomic E-state index is 13.5. The molecule has 4 rings (SSSR count). The predicted octanol–water partition coefficient (Wildman–Crippen LogP) is 2.80. The molecule has 10 nitrogen and oxygen atoms in total. The lowest BCUT2D eigenvalue weighted by molar-refractivity contribution is 0.0601. The fourth-order valence-corrected chi connectivity index (χ4v) is 3.89. The molecule has 0 aliphatic carbocycles. The van der Waals surface area contributed by atoms with Crippen molar-refractivity contribution in [2.24, 2.45) is 0 Å². The van der Waals surface area contributed by atoms with Crippen LogP contribution in [0.15, 0.2) is 53.3 Å². The van der Waals surface area contributed by atoms with Gasteiger partial charge in [-0.2, -0.15) is 0 Å². The number of rotatable bonds is 4. The van der Waals surface area contributed by atoms with Gasteiger partial charge in [0, 0.05) is 13.1 Å². The number of benzene rings is 2. The minimum Gasteiger partial charge on any atom is -0.494 e. The van der Waals surface area contributed by atoms with Crippen LogP contribution in [-0.4, -0.2) is 68.0 Å². The monoisotopic (exact) mass is 438 g/mol. The molecular formula is C22H22N4O6. The summed E-state index contributed by atoms with van der Waals surface area (Å²) < 4.78 is 6.82. The zero-order chi connectivity index (χ0) is 22.8. The Bertz CT molecular complexity index is 1220. The molecule has 1 fully saturated rings. The summed E-state index contributed by atoms with van der Waals surface area (Å²) in [6, 6.07) is 12.6. The van der Waals surface area contributed by atoms with E-state index in [0.717, 1.165) is 9.80 Å². The van der Waals surface area contributed by atoms with Crippen molar-refractivity contribution in [3.8, 4) is 11.4 Å². The molecule has 166 valence electrons. The molecule has 0 unspecified atom stereocenters. The predicted molar refractivity (Wildman–Crippen MR) is 116 cm³/mol.